The number of amides is 1. The molecule has 0 aliphatic carbocycles. The summed E-state index contributed by atoms with van der Waals surface area (Å²) in [4.78, 5) is 27.2. The fourth-order valence-corrected chi connectivity index (χ4v) is 3.64. The number of thiazole rings is 1. The molecule has 1 amide bonds. The molecule has 9 heteroatoms. The Labute approximate surface area is 149 Å². The van der Waals surface area contributed by atoms with Gasteiger partial charge in [-0.1, -0.05) is 34.5 Å². The van der Waals surface area contributed by atoms with E-state index in [1.54, 1.807) is 23.7 Å². The molecule has 24 heavy (non-hydrogen) atoms. The number of carbonyl (C=O) groups excluding carboxylic acids is 1. The van der Waals surface area contributed by atoms with Gasteiger partial charge in [0, 0.05) is 24.2 Å². The Hall–Kier alpha value is -2.22. The number of carbonyl (C=O) groups is 1. The summed E-state index contributed by atoms with van der Waals surface area (Å²) >= 11 is 13.2. The molecule has 0 radical (unpaired) electrons. The predicted molar refractivity (Wildman–Crippen MR) is 93.8 cm³/mol. The van der Waals surface area contributed by atoms with Gasteiger partial charge in [0.15, 0.2) is 4.80 Å². The molecule has 0 aliphatic heterocycles. The molecular formula is C15H9Cl2N3O3S. The van der Waals surface area contributed by atoms with E-state index in [1.165, 1.54) is 23.5 Å². The Kier molecular flexibility index (Phi) is 4.40. The van der Waals surface area contributed by atoms with Gasteiger partial charge in [-0.2, -0.15) is 4.99 Å². The molecule has 3 rings (SSSR count). The maximum absolute atomic E-state index is 12.4. The van der Waals surface area contributed by atoms with Gasteiger partial charge in [0.1, 0.15) is 0 Å². The minimum atomic E-state index is -0.642. The maximum atomic E-state index is 12.4. The van der Waals surface area contributed by atoms with E-state index in [1.807, 2.05) is 6.07 Å². The van der Waals surface area contributed by atoms with Crippen LogP contribution in [0, 0.1) is 10.1 Å². The molecule has 0 saturated heterocycles. The molecule has 0 aliphatic rings. The number of non-ortho nitro benzene ring substituents is 1. The molecule has 0 fully saturated rings. The number of nitro benzene ring substituents is 1. The van der Waals surface area contributed by atoms with Crippen LogP contribution in [0.5, 0.6) is 0 Å². The van der Waals surface area contributed by atoms with Gasteiger partial charge in [-0.15, -0.1) is 0 Å². The minimum absolute atomic E-state index is 0.0126. The molecule has 0 atom stereocenters. The van der Waals surface area contributed by atoms with Crippen molar-refractivity contribution in [2.45, 2.75) is 0 Å². The number of nitrogens with zero attached hydrogens (tertiary/aromatic N) is 3. The van der Waals surface area contributed by atoms with Crippen LogP contribution in [0.25, 0.3) is 10.2 Å². The van der Waals surface area contributed by atoms with E-state index < -0.39 is 10.8 Å². The first kappa shape index (κ1) is 16.6. The number of nitro groups is 1. The van der Waals surface area contributed by atoms with Crippen LogP contribution >= 0.6 is 34.5 Å². The minimum Gasteiger partial charge on any atom is -0.319 e. The third kappa shape index (κ3) is 3.06. The van der Waals surface area contributed by atoms with Crippen LogP contribution in [0.3, 0.4) is 0 Å². The third-order valence-electron chi connectivity index (χ3n) is 3.36. The summed E-state index contributed by atoms with van der Waals surface area (Å²) in [6.45, 7) is 0. The van der Waals surface area contributed by atoms with Crippen molar-refractivity contribution in [1.82, 2.24) is 4.57 Å². The van der Waals surface area contributed by atoms with E-state index in [2.05, 4.69) is 4.99 Å². The van der Waals surface area contributed by atoms with Crippen LogP contribution in [0.4, 0.5) is 5.69 Å². The number of rotatable bonds is 2. The molecule has 0 N–H and O–H groups in total. The maximum Gasteiger partial charge on any atom is 0.281 e. The number of benzene rings is 2. The quantitative estimate of drug-likeness (QED) is 0.492. The molecule has 1 heterocycles. The summed E-state index contributed by atoms with van der Waals surface area (Å²) < 4.78 is 2.63. The first-order valence-corrected chi connectivity index (χ1v) is 8.22. The predicted octanol–water partition coefficient (Wildman–Crippen LogP) is 4.20. The van der Waals surface area contributed by atoms with Gasteiger partial charge < -0.3 is 4.57 Å². The van der Waals surface area contributed by atoms with Crippen molar-refractivity contribution >= 4 is 56.3 Å². The van der Waals surface area contributed by atoms with Crippen molar-refractivity contribution < 1.29 is 9.72 Å². The van der Waals surface area contributed by atoms with Crippen LogP contribution in [0.15, 0.2) is 41.4 Å². The lowest BCUT2D eigenvalue weighted by Gasteiger charge is -1.99. The molecule has 0 saturated carbocycles. The Balaban J connectivity index is 2.12. The van der Waals surface area contributed by atoms with Gasteiger partial charge in [-0.25, -0.2) is 0 Å². The largest absolute Gasteiger partial charge is 0.319 e. The highest BCUT2D eigenvalue weighted by molar-refractivity contribution is 7.16. The van der Waals surface area contributed by atoms with Crippen LogP contribution in [0.2, 0.25) is 10.0 Å². The molecule has 6 nitrogen and oxygen atoms in total. The topological polar surface area (TPSA) is 77.5 Å². The van der Waals surface area contributed by atoms with Crippen LogP contribution in [0.1, 0.15) is 10.4 Å². The Morgan fingerprint density at radius 1 is 1.25 bits per heavy atom. The molecule has 2 aromatic carbocycles. The van der Waals surface area contributed by atoms with Crippen molar-refractivity contribution in [3.8, 4) is 0 Å². The van der Waals surface area contributed by atoms with Gasteiger partial charge in [-0.3, -0.25) is 14.9 Å². The number of halogens is 2. The van der Waals surface area contributed by atoms with Crippen molar-refractivity contribution in [3.63, 3.8) is 0 Å². The first-order valence-electron chi connectivity index (χ1n) is 6.65. The average molecular weight is 382 g/mol. The van der Waals surface area contributed by atoms with Crippen LogP contribution < -0.4 is 4.80 Å². The van der Waals surface area contributed by atoms with Crippen molar-refractivity contribution in [2.75, 3.05) is 0 Å². The number of hydrogen-bond donors (Lipinski definition) is 0. The van der Waals surface area contributed by atoms with E-state index in [0.29, 0.717) is 9.82 Å². The Morgan fingerprint density at radius 3 is 2.71 bits per heavy atom. The molecule has 0 unspecified atom stereocenters. The fraction of sp³-hybridized carbons (Fsp3) is 0.0667. The second-order valence-electron chi connectivity index (χ2n) is 4.89. The smallest absolute Gasteiger partial charge is 0.281 e. The molecular weight excluding hydrogens is 373 g/mol. The molecule has 122 valence electrons. The molecule has 3 aromatic rings. The second kappa shape index (κ2) is 6.35. The lowest BCUT2D eigenvalue weighted by molar-refractivity contribution is -0.384. The van der Waals surface area contributed by atoms with E-state index in [4.69, 9.17) is 23.2 Å². The number of aromatic nitrogens is 1. The van der Waals surface area contributed by atoms with Gasteiger partial charge >= 0.3 is 0 Å². The number of aryl methyl sites for hydroxylation is 1. The van der Waals surface area contributed by atoms with Gasteiger partial charge in [0.25, 0.3) is 11.6 Å². The van der Waals surface area contributed by atoms with E-state index in [0.717, 1.165) is 16.3 Å². The van der Waals surface area contributed by atoms with Crippen LogP contribution in [-0.2, 0) is 7.05 Å². The van der Waals surface area contributed by atoms with Crippen molar-refractivity contribution in [1.29, 1.82) is 0 Å². The van der Waals surface area contributed by atoms with Crippen LogP contribution in [-0.4, -0.2) is 15.4 Å². The van der Waals surface area contributed by atoms with E-state index >= 15 is 0 Å². The third-order valence-corrected chi connectivity index (χ3v) is 5.02. The Morgan fingerprint density at radius 2 is 2.00 bits per heavy atom. The lowest BCUT2D eigenvalue weighted by atomic mass is 10.2. The molecule has 0 spiro atoms. The highest BCUT2D eigenvalue weighted by atomic mass is 35.5. The summed E-state index contributed by atoms with van der Waals surface area (Å²) in [7, 11) is 1.77. The summed E-state index contributed by atoms with van der Waals surface area (Å²) in [6, 6.07) is 9.04. The normalized spacial score (nSPS) is 11.9. The summed E-state index contributed by atoms with van der Waals surface area (Å²) in [5.74, 6) is -0.642. The summed E-state index contributed by atoms with van der Waals surface area (Å²) in [5, 5.41) is 11.6. The van der Waals surface area contributed by atoms with Crippen molar-refractivity contribution in [2.24, 2.45) is 12.0 Å². The highest BCUT2D eigenvalue weighted by Gasteiger charge is 2.16. The first-order chi connectivity index (χ1) is 11.4. The van der Waals surface area contributed by atoms with E-state index in [9.17, 15) is 14.9 Å². The van der Waals surface area contributed by atoms with Gasteiger partial charge in [-0.05, 0) is 24.3 Å². The summed E-state index contributed by atoms with van der Waals surface area (Å²) in [6.07, 6.45) is 0. The average Bonchev–Trinajstić information content (AvgIpc) is 2.82. The fourth-order valence-electron chi connectivity index (χ4n) is 2.15. The zero-order valence-corrected chi connectivity index (χ0v) is 14.5. The second-order valence-corrected chi connectivity index (χ2v) is 6.75. The number of hydrogen-bond acceptors (Lipinski definition) is 4. The van der Waals surface area contributed by atoms with E-state index in [-0.39, 0.29) is 16.3 Å². The van der Waals surface area contributed by atoms with Gasteiger partial charge in [0.2, 0.25) is 0 Å². The SMILES string of the molecule is Cn1c(=NC(=O)c2cc([N+](=O)[O-])ccc2Cl)sc2cc(Cl)ccc21. The molecule has 0 bridgehead atoms. The number of fused-ring (bicyclic) bond motifs is 1. The highest BCUT2D eigenvalue weighted by Crippen LogP contribution is 2.24. The zero-order valence-electron chi connectivity index (χ0n) is 12.2. The lowest BCUT2D eigenvalue weighted by Crippen LogP contribution is -2.13. The van der Waals surface area contributed by atoms with Gasteiger partial charge in [0.05, 0.1) is 25.7 Å². The monoisotopic (exact) mass is 381 g/mol. The zero-order chi connectivity index (χ0) is 17.4. The van der Waals surface area contributed by atoms with Crippen molar-refractivity contribution in [3.05, 3.63) is 66.9 Å². The summed E-state index contributed by atoms with van der Waals surface area (Å²) in [5.41, 5.74) is 0.646. The Bertz CT molecular complexity index is 1060. The standard InChI is InChI=1S/C15H9Cl2N3O3S/c1-19-12-5-2-8(16)6-13(12)24-15(19)18-14(21)10-7-9(20(22)23)3-4-11(10)17/h2-7H,1H3. The molecule has 1 aromatic heterocycles.